The van der Waals surface area contributed by atoms with Crippen molar-refractivity contribution in [1.82, 2.24) is 10.2 Å². The summed E-state index contributed by atoms with van der Waals surface area (Å²) in [6, 6.07) is 0.503. The van der Waals surface area contributed by atoms with Gasteiger partial charge in [-0.3, -0.25) is 4.79 Å². The molecule has 0 aromatic carbocycles. The molecule has 2 rings (SSSR count). The van der Waals surface area contributed by atoms with E-state index in [4.69, 9.17) is 4.74 Å². The molecule has 0 radical (unpaired) electrons. The van der Waals surface area contributed by atoms with Gasteiger partial charge < -0.3 is 15.0 Å². The number of rotatable bonds is 3. The lowest BCUT2D eigenvalue weighted by Gasteiger charge is -2.36. The zero-order valence-electron chi connectivity index (χ0n) is 11.7. The van der Waals surface area contributed by atoms with E-state index in [2.05, 4.69) is 19.2 Å². The van der Waals surface area contributed by atoms with E-state index in [-0.39, 0.29) is 5.91 Å². The van der Waals surface area contributed by atoms with E-state index >= 15 is 0 Å². The number of nitrogens with zero attached hydrogens (tertiary/aromatic N) is 1. The topological polar surface area (TPSA) is 41.6 Å². The summed E-state index contributed by atoms with van der Waals surface area (Å²) in [4.78, 5) is 14.0. The van der Waals surface area contributed by atoms with Crippen molar-refractivity contribution in [2.75, 3.05) is 32.8 Å². The highest BCUT2D eigenvalue weighted by Crippen LogP contribution is 2.28. The van der Waals surface area contributed by atoms with Crippen LogP contribution in [-0.4, -0.2) is 49.7 Å². The molecule has 1 amide bonds. The van der Waals surface area contributed by atoms with Crippen LogP contribution >= 0.6 is 0 Å². The van der Waals surface area contributed by atoms with Crippen molar-refractivity contribution in [3.8, 4) is 0 Å². The third-order valence-electron chi connectivity index (χ3n) is 4.40. The van der Waals surface area contributed by atoms with E-state index < -0.39 is 0 Å². The molecule has 2 atom stereocenters. The lowest BCUT2D eigenvalue weighted by molar-refractivity contribution is -0.134. The molecule has 0 spiro atoms. The fourth-order valence-corrected chi connectivity index (χ4v) is 3.21. The van der Waals surface area contributed by atoms with Crippen LogP contribution in [0.3, 0.4) is 0 Å². The van der Waals surface area contributed by atoms with Gasteiger partial charge in [-0.15, -0.1) is 0 Å². The van der Waals surface area contributed by atoms with Crippen LogP contribution in [0.15, 0.2) is 0 Å². The zero-order valence-corrected chi connectivity index (χ0v) is 11.7. The molecule has 104 valence electrons. The van der Waals surface area contributed by atoms with Crippen LogP contribution in [0, 0.1) is 11.8 Å². The predicted octanol–water partition coefficient (Wildman–Crippen LogP) is 1.26. The second-order valence-corrected chi connectivity index (χ2v) is 5.79. The molecule has 1 aliphatic carbocycles. The van der Waals surface area contributed by atoms with Crippen LogP contribution in [0.2, 0.25) is 0 Å². The molecule has 0 aromatic rings. The van der Waals surface area contributed by atoms with E-state index in [0.717, 1.165) is 13.1 Å². The Morgan fingerprint density at radius 1 is 1.22 bits per heavy atom. The molecule has 18 heavy (non-hydrogen) atoms. The minimum absolute atomic E-state index is 0.225. The number of hydrogen-bond donors (Lipinski definition) is 1. The number of carbonyl (C=O) groups is 1. The smallest absolute Gasteiger partial charge is 0.236 e. The summed E-state index contributed by atoms with van der Waals surface area (Å²) < 4.78 is 5.26. The van der Waals surface area contributed by atoms with Crippen molar-refractivity contribution in [1.29, 1.82) is 0 Å². The monoisotopic (exact) mass is 254 g/mol. The molecule has 1 aliphatic heterocycles. The van der Waals surface area contributed by atoms with Gasteiger partial charge in [0.15, 0.2) is 0 Å². The fraction of sp³-hybridized carbons (Fsp3) is 0.929. The molecule has 0 aromatic heterocycles. The lowest BCUT2D eigenvalue weighted by Crippen LogP contribution is -2.49. The molecule has 1 saturated heterocycles. The van der Waals surface area contributed by atoms with Crippen LogP contribution in [0.5, 0.6) is 0 Å². The van der Waals surface area contributed by atoms with Crippen LogP contribution in [0.25, 0.3) is 0 Å². The molecule has 4 nitrogen and oxygen atoms in total. The quantitative estimate of drug-likeness (QED) is 0.824. The molecule has 1 heterocycles. The minimum atomic E-state index is 0.225. The molecule has 1 N–H and O–H groups in total. The van der Waals surface area contributed by atoms with Crippen LogP contribution in [-0.2, 0) is 9.53 Å². The van der Waals surface area contributed by atoms with Crippen molar-refractivity contribution in [3.05, 3.63) is 0 Å². The largest absolute Gasteiger partial charge is 0.378 e. The van der Waals surface area contributed by atoms with Gasteiger partial charge in [-0.25, -0.2) is 0 Å². The highest BCUT2D eigenvalue weighted by molar-refractivity contribution is 5.78. The van der Waals surface area contributed by atoms with Gasteiger partial charge in [-0.05, 0) is 24.7 Å². The average Bonchev–Trinajstić information content (AvgIpc) is 2.39. The second kappa shape index (κ2) is 6.53. The standard InChI is InChI=1S/C14H26N2O2/c1-11-4-3-5-12(2)14(11)15-10-13(17)16-6-8-18-9-7-16/h11-12,14-15H,3-10H2,1-2H3. The van der Waals surface area contributed by atoms with Crippen molar-refractivity contribution < 1.29 is 9.53 Å². The highest BCUT2D eigenvalue weighted by Gasteiger charge is 2.28. The summed E-state index contributed by atoms with van der Waals surface area (Å²) in [7, 11) is 0. The Hall–Kier alpha value is -0.610. The zero-order chi connectivity index (χ0) is 13.0. The summed E-state index contributed by atoms with van der Waals surface area (Å²) in [5, 5.41) is 3.49. The first-order valence-electron chi connectivity index (χ1n) is 7.27. The van der Waals surface area contributed by atoms with Gasteiger partial charge in [0.25, 0.3) is 0 Å². The first kappa shape index (κ1) is 13.8. The van der Waals surface area contributed by atoms with Gasteiger partial charge in [-0.2, -0.15) is 0 Å². The second-order valence-electron chi connectivity index (χ2n) is 5.79. The molecule has 4 heteroatoms. The van der Waals surface area contributed by atoms with Crippen LogP contribution in [0.4, 0.5) is 0 Å². The third kappa shape index (κ3) is 3.45. The van der Waals surface area contributed by atoms with Crippen molar-refractivity contribution >= 4 is 5.91 Å². The Bertz CT molecular complexity index is 267. The minimum Gasteiger partial charge on any atom is -0.378 e. The number of amides is 1. The molecule has 0 bridgehead atoms. The summed E-state index contributed by atoms with van der Waals surface area (Å²) in [6.07, 6.45) is 3.90. The molecular weight excluding hydrogens is 228 g/mol. The Balaban J connectivity index is 1.77. The number of carbonyl (C=O) groups excluding carboxylic acids is 1. The summed E-state index contributed by atoms with van der Waals surface area (Å²) in [6.45, 7) is 7.94. The van der Waals surface area contributed by atoms with Crippen molar-refractivity contribution in [2.45, 2.75) is 39.2 Å². The van der Waals surface area contributed by atoms with Crippen LogP contribution < -0.4 is 5.32 Å². The SMILES string of the molecule is CC1CCCC(C)C1NCC(=O)N1CCOCC1. The number of morpholine rings is 1. The number of hydrogen-bond acceptors (Lipinski definition) is 3. The van der Waals surface area contributed by atoms with E-state index in [1.807, 2.05) is 4.90 Å². The molecule has 2 unspecified atom stereocenters. The summed E-state index contributed by atoms with van der Waals surface area (Å²) in [5.41, 5.74) is 0. The molecular formula is C14H26N2O2. The fourth-order valence-electron chi connectivity index (χ4n) is 3.21. The van der Waals surface area contributed by atoms with Crippen molar-refractivity contribution in [2.24, 2.45) is 11.8 Å². The van der Waals surface area contributed by atoms with Gasteiger partial charge in [-0.1, -0.05) is 20.3 Å². The highest BCUT2D eigenvalue weighted by atomic mass is 16.5. The first-order valence-corrected chi connectivity index (χ1v) is 7.27. The normalized spacial score (nSPS) is 33.4. The molecule has 2 fully saturated rings. The number of nitrogens with one attached hydrogen (secondary N) is 1. The summed E-state index contributed by atoms with van der Waals surface area (Å²) >= 11 is 0. The maximum atomic E-state index is 12.1. The first-order chi connectivity index (χ1) is 8.68. The van der Waals surface area contributed by atoms with Gasteiger partial charge in [0, 0.05) is 19.1 Å². The molecule has 2 aliphatic rings. The van der Waals surface area contributed by atoms with Gasteiger partial charge in [0.2, 0.25) is 5.91 Å². The predicted molar refractivity (Wildman–Crippen MR) is 71.4 cm³/mol. The van der Waals surface area contributed by atoms with E-state index in [9.17, 15) is 4.79 Å². The Morgan fingerprint density at radius 3 is 2.44 bits per heavy atom. The third-order valence-corrected chi connectivity index (χ3v) is 4.40. The maximum absolute atomic E-state index is 12.1. The van der Waals surface area contributed by atoms with E-state index in [1.54, 1.807) is 0 Å². The lowest BCUT2D eigenvalue weighted by atomic mass is 9.79. The maximum Gasteiger partial charge on any atom is 0.236 e. The van der Waals surface area contributed by atoms with E-state index in [1.165, 1.54) is 19.3 Å². The molecule has 1 saturated carbocycles. The Kier molecular flexibility index (Phi) is 5.01. The number of ether oxygens (including phenoxy) is 1. The Morgan fingerprint density at radius 2 is 1.83 bits per heavy atom. The van der Waals surface area contributed by atoms with E-state index in [0.29, 0.717) is 37.6 Å². The van der Waals surface area contributed by atoms with Crippen molar-refractivity contribution in [3.63, 3.8) is 0 Å². The van der Waals surface area contributed by atoms with Gasteiger partial charge in [0.1, 0.15) is 0 Å². The van der Waals surface area contributed by atoms with Gasteiger partial charge in [0.05, 0.1) is 19.8 Å². The summed E-state index contributed by atoms with van der Waals surface area (Å²) in [5.74, 6) is 1.60. The Labute approximate surface area is 110 Å². The van der Waals surface area contributed by atoms with Crippen LogP contribution in [0.1, 0.15) is 33.1 Å². The van der Waals surface area contributed by atoms with Gasteiger partial charge >= 0.3 is 0 Å². The average molecular weight is 254 g/mol.